The molecule has 0 unspecified atom stereocenters. The van der Waals surface area contributed by atoms with E-state index < -0.39 is 0 Å². The fourth-order valence-corrected chi connectivity index (χ4v) is 3.61. The smallest absolute Gasteiger partial charge is 0.235 e. The van der Waals surface area contributed by atoms with Crippen molar-refractivity contribution in [1.82, 2.24) is 24.5 Å². The molecule has 0 saturated heterocycles. The summed E-state index contributed by atoms with van der Waals surface area (Å²) >= 11 is 1.38. The maximum Gasteiger partial charge on any atom is 0.235 e. The second-order valence-corrected chi connectivity index (χ2v) is 7.45. The van der Waals surface area contributed by atoms with Crippen LogP contribution >= 0.6 is 11.8 Å². The van der Waals surface area contributed by atoms with Crippen LogP contribution in [-0.2, 0) is 11.3 Å². The van der Waals surface area contributed by atoms with E-state index in [-0.39, 0.29) is 17.7 Å². The van der Waals surface area contributed by atoms with Gasteiger partial charge in [-0.15, -0.1) is 10.2 Å². The molecule has 7 nitrogen and oxygen atoms in total. The first kappa shape index (κ1) is 19.2. The van der Waals surface area contributed by atoms with Crippen LogP contribution in [0.4, 0.5) is 5.82 Å². The quantitative estimate of drug-likeness (QED) is 0.627. The van der Waals surface area contributed by atoms with Crippen molar-refractivity contribution in [3.05, 3.63) is 42.1 Å². The lowest BCUT2D eigenvalue weighted by Crippen LogP contribution is -2.18. The minimum atomic E-state index is -0.0924. The molecule has 2 heterocycles. The van der Waals surface area contributed by atoms with Gasteiger partial charge in [-0.3, -0.25) is 4.79 Å². The van der Waals surface area contributed by atoms with E-state index in [2.05, 4.69) is 39.7 Å². The van der Waals surface area contributed by atoms with E-state index in [0.29, 0.717) is 5.82 Å². The van der Waals surface area contributed by atoms with Crippen LogP contribution in [0.1, 0.15) is 32.4 Å². The summed E-state index contributed by atoms with van der Waals surface area (Å²) in [5.41, 5.74) is 2.20. The van der Waals surface area contributed by atoms with Gasteiger partial charge in [0.25, 0.3) is 0 Å². The number of carbonyl (C=O) groups is 1. The molecule has 0 saturated carbocycles. The molecule has 1 aromatic carbocycles. The Morgan fingerprint density at radius 1 is 1.26 bits per heavy atom. The van der Waals surface area contributed by atoms with Crippen molar-refractivity contribution in [3.8, 4) is 11.4 Å². The van der Waals surface area contributed by atoms with E-state index >= 15 is 0 Å². The number of rotatable bonds is 7. The molecule has 0 bridgehead atoms. The van der Waals surface area contributed by atoms with Gasteiger partial charge >= 0.3 is 0 Å². The SMILES string of the molecule is CCn1c(SCC(=O)Nc2ccnn2C(C)C)nnc1-c1cccc(C)c1. The predicted molar refractivity (Wildman–Crippen MR) is 108 cm³/mol. The Bertz CT molecular complexity index is 930. The van der Waals surface area contributed by atoms with E-state index in [9.17, 15) is 4.79 Å². The zero-order valence-electron chi connectivity index (χ0n) is 16.0. The number of amides is 1. The minimum absolute atomic E-state index is 0.0924. The molecule has 2 aromatic heterocycles. The lowest BCUT2D eigenvalue weighted by atomic mass is 10.1. The van der Waals surface area contributed by atoms with Gasteiger partial charge in [0, 0.05) is 24.2 Å². The van der Waals surface area contributed by atoms with Crippen molar-refractivity contribution >= 4 is 23.5 Å². The molecule has 0 radical (unpaired) electrons. The third-order valence-electron chi connectivity index (χ3n) is 4.07. The first-order valence-electron chi connectivity index (χ1n) is 8.96. The first-order chi connectivity index (χ1) is 13.0. The number of anilines is 1. The highest BCUT2D eigenvalue weighted by molar-refractivity contribution is 7.99. The number of aryl methyl sites for hydroxylation is 1. The number of carbonyl (C=O) groups excluding carboxylic acids is 1. The number of hydrogen-bond acceptors (Lipinski definition) is 5. The molecular weight excluding hydrogens is 360 g/mol. The lowest BCUT2D eigenvalue weighted by Gasteiger charge is -2.11. The Balaban J connectivity index is 1.69. The molecule has 142 valence electrons. The van der Waals surface area contributed by atoms with Gasteiger partial charge in [-0.25, -0.2) is 4.68 Å². The highest BCUT2D eigenvalue weighted by Gasteiger charge is 2.15. The summed E-state index contributed by atoms with van der Waals surface area (Å²) in [5, 5.41) is 16.5. The summed E-state index contributed by atoms with van der Waals surface area (Å²) < 4.78 is 3.82. The van der Waals surface area contributed by atoms with E-state index in [0.717, 1.165) is 23.1 Å². The zero-order chi connectivity index (χ0) is 19.4. The standard InChI is InChI=1S/C19H24N6OS/c1-5-24-18(15-8-6-7-14(4)11-15)22-23-19(24)27-12-17(26)21-16-9-10-20-25(16)13(2)3/h6-11,13H,5,12H2,1-4H3,(H,21,26). The van der Waals surface area contributed by atoms with Crippen LogP contribution in [0, 0.1) is 6.92 Å². The fourth-order valence-electron chi connectivity index (χ4n) is 2.81. The Kier molecular flexibility index (Phi) is 5.95. The Morgan fingerprint density at radius 2 is 2.07 bits per heavy atom. The summed E-state index contributed by atoms with van der Waals surface area (Å²) in [5.74, 6) is 1.69. The molecule has 27 heavy (non-hydrogen) atoms. The van der Waals surface area contributed by atoms with Crippen LogP contribution in [0.2, 0.25) is 0 Å². The van der Waals surface area contributed by atoms with Crippen LogP contribution in [0.3, 0.4) is 0 Å². The normalized spacial score (nSPS) is 11.1. The number of thioether (sulfide) groups is 1. The van der Waals surface area contributed by atoms with Crippen molar-refractivity contribution in [2.75, 3.05) is 11.1 Å². The number of nitrogens with one attached hydrogen (secondary N) is 1. The lowest BCUT2D eigenvalue weighted by molar-refractivity contribution is -0.113. The molecule has 3 rings (SSSR count). The van der Waals surface area contributed by atoms with Gasteiger partial charge in [0.2, 0.25) is 5.91 Å². The molecular formula is C19H24N6OS. The van der Waals surface area contributed by atoms with Gasteiger partial charge in [-0.05, 0) is 33.8 Å². The van der Waals surface area contributed by atoms with Crippen LogP contribution in [0.5, 0.6) is 0 Å². The van der Waals surface area contributed by atoms with Gasteiger partial charge < -0.3 is 9.88 Å². The maximum atomic E-state index is 12.3. The summed E-state index contributed by atoms with van der Waals surface area (Å²) in [6, 6.07) is 10.2. The van der Waals surface area contributed by atoms with Crippen molar-refractivity contribution < 1.29 is 4.79 Å². The van der Waals surface area contributed by atoms with Crippen LogP contribution in [-0.4, -0.2) is 36.2 Å². The van der Waals surface area contributed by atoms with Gasteiger partial charge in [0.05, 0.1) is 11.9 Å². The van der Waals surface area contributed by atoms with Crippen molar-refractivity contribution in [1.29, 1.82) is 0 Å². The summed E-state index contributed by atoms with van der Waals surface area (Å²) in [4.78, 5) is 12.3. The molecule has 8 heteroatoms. The summed E-state index contributed by atoms with van der Waals surface area (Å²) in [6.07, 6.45) is 1.69. The van der Waals surface area contributed by atoms with E-state index in [1.165, 1.54) is 17.3 Å². The minimum Gasteiger partial charge on any atom is -0.310 e. The number of aromatic nitrogens is 5. The molecule has 0 aliphatic heterocycles. The monoisotopic (exact) mass is 384 g/mol. The topological polar surface area (TPSA) is 77.6 Å². The molecule has 1 amide bonds. The summed E-state index contributed by atoms with van der Waals surface area (Å²) in [6.45, 7) is 8.88. The van der Waals surface area contributed by atoms with Crippen molar-refractivity contribution in [3.63, 3.8) is 0 Å². The van der Waals surface area contributed by atoms with Crippen LogP contribution < -0.4 is 5.32 Å². The number of benzene rings is 1. The molecule has 0 fully saturated rings. The molecule has 0 spiro atoms. The number of nitrogens with zero attached hydrogens (tertiary/aromatic N) is 5. The fraction of sp³-hybridized carbons (Fsp3) is 0.368. The largest absolute Gasteiger partial charge is 0.310 e. The second kappa shape index (κ2) is 8.39. The third kappa shape index (κ3) is 4.39. The summed E-state index contributed by atoms with van der Waals surface area (Å²) in [7, 11) is 0. The van der Waals surface area contributed by atoms with Gasteiger partial charge in [-0.2, -0.15) is 5.10 Å². The molecule has 0 aliphatic carbocycles. The average Bonchev–Trinajstić information content (AvgIpc) is 3.26. The zero-order valence-corrected chi connectivity index (χ0v) is 16.8. The first-order valence-corrected chi connectivity index (χ1v) is 9.94. The van der Waals surface area contributed by atoms with E-state index in [1.807, 2.05) is 37.5 Å². The second-order valence-electron chi connectivity index (χ2n) is 6.51. The molecule has 0 atom stereocenters. The van der Waals surface area contributed by atoms with Gasteiger partial charge in [0.1, 0.15) is 5.82 Å². The maximum absolute atomic E-state index is 12.3. The van der Waals surface area contributed by atoms with Crippen molar-refractivity contribution in [2.24, 2.45) is 0 Å². The molecule has 0 aliphatic rings. The van der Waals surface area contributed by atoms with Crippen molar-refractivity contribution in [2.45, 2.75) is 45.4 Å². The van der Waals surface area contributed by atoms with E-state index in [4.69, 9.17) is 0 Å². The average molecular weight is 385 g/mol. The highest BCUT2D eigenvalue weighted by atomic mass is 32.2. The highest BCUT2D eigenvalue weighted by Crippen LogP contribution is 2.24. The third-order valence-corrected chi connectivity index (χ3v) is 5.04. The van der Waals surface area contributed by atoms with Crippen LogP contribution in [0.25, 0.3) is 11.4 Å². The number of hydrogen-bond donors (Lipinski definition) is 1. The Labute approximate surface area is 163 Å². The Hall–Kier alpha value is -2.61. The van der Waals surface area contributed by atoms with Crippen LogP contribution in [0.15, 0.2) is 41.7 Å². The molecule has 1 N–H and O–H groups in total. The van der Waals surface area contributed by atoms with Gasteiger partial charge in [0.15, 0.2) is 11.0 Å². The van der Waals surface area contributed by atoms with Gasteiger partial charge in [-0.1, -0.05) is 35.5 Å². The predicted octanol–water partition coefficient (Wildman–Crippen LogP) is 3.78. The van der Waals surface area contributed by atoms with E-state index in [1.54, 1.807) is 16.9 Å². The molecule has 3 aromatic rings. The Morgan fingerprint density at radius 3 is 2.78 bits per heavy atom.